The van der Waals surface area contributed by atoms with Crippen LogP contribution in [0.3, 0.4) is 0 Å². The van der Waals surface area contributed by atoms with Crippen molar-refractivity contribution < 1.29 is 0 Å². The van der Waals surface area contributed by atoms with Crippen molar-refractivity contribution in [1.29, 1.82) is 0 Å². The van der Waals surface area contributed by atoms with Gasteiger partial charge in [-0.1, -0.05) is 60.1 Å². The van der Waals surface area contributed by atoms with E-state index in [1.807, 2.05) is 0 Å². The van der Waals surface area contributed by atoms with Gasteiger partial charge in [-0.2, -0.15) is 0 Å². The number of hydrogen-bond acceptors (Lipinski definition) is 0. The molecule has 0 aliphatic carbocycles. The predicted octanol–water partition coefficient (Wildman–Crippen LogP) is 5.08. The third kappa shape index (κ3) is 4.03. The van der Waals surface area contributed by atoms with Crippen molar-refractivity contribution >= 4 is 8.07 Å². The molecule has 0 saturated carbocycles. The van der Waals surface area contributed by atoms with E-state index in [1.54, 1.807) is 0 Å². The van der Waals surface area contributed by atoms with Crippen LogP contribution in [0.15, 0.2) is 0 Å². The highest BCUT2D eigenvalue weighted by Crippen LogP contribution is 2.45. The summed E-state index contributed by atoms with van der Waals surface area (Å²) in [6, 6.07) is 0. The number of rotatable bonds is 5. The first-order valence-electron chi connectivity index (χ1n) is 6.23. The van der Waals surface area contributed by atoms with Crippen molar-refractivity contribution in [2.75, 3.05) is 0 Å². The van der Waals surface area contributed by atoms with Crippen molar-refractivity contribution in [3.05, 3.63) is 0 Å². The molecule has 0 aromatic carbocycles. The second-order valence-electron chi connectivity index (χ2n) is 6.19. The van der Waals surface area contributed by atoms with Gasteiger partial charge in [0.2, 0.25) is 0 Å². The zero-order chi connectivity index (χ0) is 12.1. The van der Waals surface area contributed by atoms with Gasteiger partial charge < -0.3 is 0 Å². The van der Waals surface area contributed by atoms with Crippen LogP contribution in [-0.2, 0) is 0 Å². The fourth-order valence-electron chi connectivity index (χ4n) is 1.77. The summed E-state index contributed by atoms with van der Waals surface area (Å²) in [6.45, 7) is 14.2. The number of terminal acetylenes is 1. The second-order valence-corrected chi connectivity index (χ2v) is 11.8. The molecule has 0 rings (SSSR count). The monoisotopic (exact) mass is 224 g/mol. The molecule has 0 N–H and O–H groups in total. The summed E-state index contributed by atoms with van der Waals surface area (Å²) >= 11 is 0. The first-order valence-corrected chi connectivity index (χ1v) is 9.31. The minimum absolute atomic E-state index is 0.413. The Morgan fingerprint density at radius 2 is 1.73 bits per heavy atom. The highest BCUT2D eigenvalue weighted by Gasteiger charge is 2.40. The maximum absolute atomic E-state index is 5.72. The van der Waals surface area contributed by atoms with Crippen molar-refractivity contribution in [3.8, 4) is 12.3 Å². The SMILES string of the molecule is C#CC(CCCCC)[Si](C)(C)C(C)(C)C. The van der Waals surface area contributed by atoms with Crippen LogP contribution in [0.2, 0.25) is 23.7 Å². The zero-order valence-electron chi connectivity index (χ0n) is 11.5. The summed E-state index contributed by atoms with van der Waals surface area (Å²) in [5.74, 6) is 3.07. The molecule has 0 fully saturated rings. The topological polar surface area (TPSA) is 0 Å². The van der Waals surface area contributed by atoms with Gasteiger partial charge in [-0.05, 0) is 11.5 Å². The number of unbranched alkanes of at least 4 members (excludes halogenated alkanes) is 2. The minimum atomic E-state index is -1.32. The Labute approximate surface area is 97.9 Å². The maximum Gasteiger partial charge on any atom is 0.0695 e. The van der Waals surface area contributed by atoms with Crippen LogP contribution in [0, 0.1) is 12.3 Å². The van der Waals surface area contributed by atoms with Crippen LogP contribution in [0.1, 0.15) is 53.4 Å². The number of hydrogen-bond donors (Lipinski definition) is 0. The van der Waals surface area contributed by atoms with Gasteiger partial charge >= 0.3 is 0 Å². The molecular weight excluding hydrogens is 196 g/mol. The van der Waals surface area contributed by atoms with Crippen LogP contribution in [0.25, 0.3) is 0 Å². The van der Waals surface area contributed by atoms with E-state index in [1.165, 1.54) is 25.7 Å². The van der Waals surface area contributed by atoms with Gasteiger partial charge in [0, 0.05) is 5.54 Å². The molecular formula is C14H28Si. The normalized spacial score (nSPS) is 14.7. The fraction of sp³-hybridized carbons (Fsp3) is 0.857. The van der Waals surface area contributed by atoms with Crippen LogP contribution < -0.4 is 0 Å². The molecule has 0 amide bonds. The van der Waals surface area contributed by atoms with Crippen LogP contribution >= 0.6 is 0 Å². The molecule has 0 aromatic heterocycles. The van der Waals surface area contributed by atoms with E-state index in [9.17, 15) is 0 Å². The molecule has 0 radical (unpaired) electrons. The van der Waals surface area contributed by atoms with E-state index in [4.69, 9.17) is 6.42 Å². The Hall–Kier alpha value is -0.223. The smallest absolute Gasteiger partial charge is 0.0695 e. The molecule has 0 nitrogen and oxygen atoms in total. The highest BCUT2D eigenvalue weighted by molar-refractivity contribution is 6.82. The zero-order valence-corrected chi connectivity index (χ0v) is 12.5. The Morgan fingerprint density at radius 3 is 2.07 bits per heavy atom. The van der Waals surface area contributed by atoms with E-state index in [0.717, 1.165) is 0 Å². The summed E-state index contributed by atoms with van der Waals surface area (Å²) in [4.78, 5) is 0. The van der Waals surface area contributed by atoms with Crippen molar-refractivity contribution in [2.24, 2.45) is 0 Å². The summed E-state index contributed by atoms with van der Waals surface area (Å²) in [5.41, 5.74) is 0.545. The third-order valence-corrected chi connectivity index (χ3v) is 10.2. The quantitative estimate of drug-likeness (QED) is 0.347. The lowest BCUT2D eigenvalue weighted by atomic mass is 10.1. The molecule has 88 valence electrons. The first kappa shape index (κ1) is 14.8. The van der Waals surface area contributed by atoms with Gasteiger partial charge in [-0.3, -0.25) is 0 Å². The first-order chi connectivity index (χ1) is 6.77. The summed E-state index contributed by atoms with van der Waals surface area (Å²) in [7, 11) is -1.32. The lowest BCUT2D eigenvalue weighted by Crippen LogP contribution is -2.41. The molecule has 0 aliphatic heterocycles. The van der Waals surface area contributed by atoms with Crippen molar-refractivity contribution in [3.63, 3.8) is 0 Å². The van der Waals surface area contributed by atoms with Gasteiger partial charge in [0.15, 0.2) is 0 Å². The molecule has 0 heterocycles. The van der Waals surface area contributed by atoms with Crippen LogP contribution in [0.4, 0.5) is 0 Å². The second kappa shape index (κ2) is 5.75. The molecule has 0 aromatic rings. The Bertz CT molecular complexity index is 214. The Morgan fingerprint density at radius 1 is 1.20 bits per heavy atom. The van der Waals surface area contributed by atoms with E-state index in [0.29, 0.717) is 10.6 Å². The van der Waals surface area contributed by atoms with Gasteiger partial charge in [0.05, 0.1) is 8.07 Å². The summed E-state index contributed by atoms with van der Waals surface area (Å²) in [6.07, 6.45) is 10.9. The maximum atomic E-state index is 5.72. The molecule has 0 saturated heterocycles. The predicted molar refractivity (Wildman–Crippen MR) is 73.9 cm³/mol. The minimum Gasteiger partial charge on any atom is -0.120 e. The van der Waals surface area contributed by atoms with Gasteiger partial charge in [-0.15, -0.1) is 12.3 Å². The van der Waals surface area contributed by atoms with E-state index in [2.05, 4.69) is 46.7 Å². The molecule has 0 spiro atoms. The van der Waals surface area contributed by atoms with E-state index in [-0.39, 0.29) is 0 Å². The molecule has 0 bridgehead atoms. The average Bonchev–Trinajstić information content (AvgIpc) is 2.10. The Balaban J connectivity index is 4.47. The molecule has 0 aliphatic rings. The van der Waals surface area contributed by atoms with Crippen molar-refractivity contribution in [2.45, 2.75) is 77.1 Å². The Kier molecular flexibility index (Phi) is 5.66. The third-order valence-electron chi connectivity index (χ3n) is 4.10. The van der Waals surface area contributed by atoms with E-state index < -0.39 is 8.07 Å². The van der Waals surface area contributed by atoms with E-state index >= 15 is 0 Å². The lowest BCUT2D eigenvalue weighted by molar-refractivity contribution is 0.640. The highest BCUT2D eigenvalue weighted by atomic mass is 28.3. The average molecular weight is 224 g/mol. The van der Waals surface area contributed by atoms with Gasteiger partial charge in [-0.25, -0.2) is 0 Å². The molecule has 1 unspecified atom stereocenters. The molecule has 1 atom stereocenters. The van der Waals surface area contributed by atoms with Crippen LogP contribution in [0.5, 0.6) is 0 Å². The van der Waals surface area contributed by atoms with Gasteiger partial charge in [0.25, 0.3) is 0 Å². The summed E-state index contributed by atoms with van der Waals surface area (Å²) < 4.78 is 0. The van der Waals surface area contributed by atoms with Gasteiger partial charge in [0.1, 0.15) is 0 Å². The largest absolute Gasteiger partial charge is 0.120 e. The fourth-order valence-corrected chi connectivity index (χ4v) is 4.16. The van der Waals surface area contributed by atoms with Crippen LogP contribution in [-0.4, -0.2) is 8.07 Å². The molecule has 1 heteroatoms. The van der Waals surface area contributed by atoms with Crippen molar-refractivity contribution in [1.82, 2.24) is 0 Å². The standard InChI is InChI=1S/C14H28Si/c1-8-10-11-12-13(9-2)15(6,7)14(3,4)5/h2,13H,8,10-12H2,1,3-7H3. The summed E-state index contributed by atoms with van der Waals surface area (Å²) in [5, 5.41) is 0.413. The lowest BCUT2D eigenvalue weighted by Gasteiger charge is -2.41. The molecule has 15 heavy (non-hydrogen) atoms.